The van der Waals surface area contributed by atoms with E-state index in [-0.39, 0.29) is 24.2 Å². The van der Waals surface area contributed by atoms with Crippen molar-refractivity contribution < 1.29 is 18.9 Å². The van der Waals surface area contributed by atoms with Gasteiger partial charge in [-0.05, 0) is 35.4 Å². The van der Waals surface area contributed by atoms with Crippen LogP contribution in [0.3, 0.4) is 0 Å². The maximum atomic E-state index is 13.0. The molecule has 0 aliphatic heterocycles. The van der Waals surface area contributed by atoms with Gasteiger partial charge in [-0.25, -0.2) is 4.39 Å². The van der Waals surface area contributed by atoms with Crippen molar-refractivity contribution in [3.63, 3.8) is 0 Å². The second-order valence-electron chi connectivity index (χ2n) is 6.58. The molecule has 0 spiro atoms. The number of carbonyl (C=O) groups is 2. The standard InChI is InChI=1S/C21H17FN4O5/c22-16-7-3-15(4-8-16)13-25-11-1-2-18(21(25)29)20(28)24-23-19(27)12-14-5-9-17(10-6-14)26(30)31/h1-11H,12-13H2,(H,23,27)(H,24,28). The smallest absolute Gasteiger partial charge is 0.275 e. The Bertz CT molecular complexity index is 1170. The highest BCUT2D eigenvalue weighted by molar-refractivity contribution is 5.95. The summed E-state index contributed by atoms with van der Waals surface area (Å²) in [4.78, 5) is 47.0. The number of non-ortho nitro benzene ring substituents is 1. The Morgan fingerprint density at radius 1 is 0.968 bits per heavy atom. The van der Waals surface area contributed by atoms with Crippen LogP contribution in [0.4, 0.5) is 10.1 Å². The van der Waals surface area contributed by atoms with Crippen molar-refractivity contribution in [2.75, 3.05) is 0 Å². The number of nitro groups is 1. The van der Waals surface area contributed by atoms with E-state index in [1.807, 2.05) is 0 Å². The van der Waals surface area contributed by atoms with Crippen LogP contribution in [-0.4, -0.2) is 21.3 Å². The Labute approximate surface area is 175 Å². The van der Waals surface area contributed by atoms with Crippen LogP contribution in [0.15, 0.2) is 71.7 Å². The van der Waals surface area contributed by atoms with Gasteiger partial charge in [0.05, 0.1) is 17.9 Å². The van der Waals surface area contributed by atoms with E-state index >= 15 is 0 Å². The topological polar surface area (TPSA) is 123 Å². The normalized spacial score (nSPS) is 10.4. The second kappa shape index (κ2) is 9.44. The van der Waals surface area contributed by atoms with Gasteiger partial charge in [0, 0.05) is 18.3 Å². The van der Waals surface area contributed by atoms with E-state index in [2.05, 4.69) is 10.9 Å². The average Bonchev–Trinajstić information content (AvgIpc) is 2.75. The highest BCUT2D eigenvalue weighted by Gasteiger charge is 2.14. The van der Waals surface area contributed by atoms with Gasteiger partial charge >= 0.3 is 0 Å². The first-order valence-electron chi connectivity index (χ1n) is 9.10. The first-order chi connectivity index (χ1) is 14.8. The predicted molar refractivity (Wildman–Crippen MR) is 109 cm³/mol. The van der Waals surface area contributed by atoms with Gasteiger partial charge in [0.2, 0.25) is 5.91 Å². The lowest BCUT2D eigenvalue weighted by Gasteiger charge is -2.10. The highest BCUT2D eigenvalue weighted by atomic mass is 19.1. The molecule has 0 unspecified atom stereocenters. The zero-order chi connectivity index (χ0) is 22.4. The molecule has 2 aromatic carbocycles. The summed E-state index contributed by atoms with van der Waals surface area (Å²) in [6, 6.07) is 13.9. The number of halogens is 1. The quantitative estimate of drug-likeness (QED) is 0.462. The van der Waals surface area contributed by atoms with Crippen molar-refractivity contribution in [2.45, 2.75) is 13.0 Å². The molecule has 0 saturated heterocycles. The molecule has 0 radical (unpaired) electrons. The molecule has 0 fully saturated rings. The Kier molecular flexibility index (Phi) is 6.51. The second-order valence-corrected chi connectivity index (χ2v) is 6.58. The number of nitrogens with zero attached hydrogens (tertiary/aromatic N) is 2. The Hall–Kier alpha value is -4.34. The summed E-state index contributed by atoms with van der Waals surface area (Å²) in [5.74, 6) is -1.76. The van der Waals surface area contributed by atoms with Crippen molar-refractivity contribution in [3.05, 3.63) is 110 Å². The van der Waals surface area contributed by atoms with E-state index in [1.54, 1.807) is 0 Å². The number of nitro benzene ring substituents is 1. The van der Waals surface area contributed by atoms with Crippen molar-refractivity contribution in [3.8, 4) is 0 Å². The fourth-order valence-electron chi connectivity index (χ4n) is 2.78. The fourth-order valence-corrected chi connectivity index (χ4v) is 2.78. The third-order valence-electron chi connectivity index (χ3n) is 4.36. The molecule has 0 aliphatic carbocycles. The van der Waals surface area contributed by atoms with Gasteiger partial charge < -0.3 is 4.57 Å². The number of hydrogen-bond acceptors (Lipinski definition) is 5. The van der Waals surface area contributed by atoms with Gasteiger partial charge in [0.1, 0.15) is 11.4 Å². The van der Waals surface area contributed by atoms with Crippen LogP contribution in [-0.2, 0) is 17.8 Å². The summed E-state index contributed by atoms with van der Waals surface area (Å²) in [7, 11) is 0. The number of nitrogens with one attached hydrogen (secondary N) is 2. The van der Waals surface area contributed by atoms with Gasteiger partial charge in [-0.3, -0.25) is 35.3 Å². The lowest BCUT2D eigenvalue weighted by atomic mass is 10.1. The molecule has 10 heteroatoms. The van der Waals surface area contributed by atoms with Crippen molar-refractivity contribution >= 4 is 17.5 Å². The lowest BCUT2D eigenvalue weighted by molar-refractivity contribution is -0.384. The predicted octanol–water partition coefficient (Wildman–Crippen LogP) is 1.95. The molecule has 1 heterocycles. The van der Waals surface area contributed by atoms with E-state index < -0.39 is 28.1 Å². The van der Waals surface area contributed by atoms with E-state index in [4.69, 9.17) is 0 Å². The molecular weight excluding hydrogens is 407 g/mol. The summed E-state index contributed by atoms with van der Waals surface area (Å²) in [5, 5.41) is 10.7. The number of benzene rings is 2. The zero-order valence-corrected chi connectivity index (χ0v) is 16.1. The van der Waals surface area contributed by atoms with Crippen molar-refractivity contribution in [1.29, 1.82) is 0 Å². The summed E-state index contributed by atoms with van der Waals surface area (Å²) in [5.41, 5.74) is 4.72. The summed E-state index contributed by atoms with van der Waals surface area (Å²) < 4.78 is 14.3. The number of aromatic nitrogens is 1. The summed E-state index contributed by atoms with van der Waals surface area (Å²) >= 11 is 0. The maximum absolute atomic E-state index is 13.0. The highest BCUT2D eigenvalue weighted by Crippen LogP contribution is 2.12. The number of carbonyl (C=O) groups excluding carboxylic acids is 2. The maximum Gasteiger partial charge on any atom is 0.275 e. The van der Waals surface area contributed by atoms with Gasteiger partial charge in [0.15, 0.2) is 0 Å². The van der Waals surface area contributed by atoms with Crippen LogP contribution in [0.1, 0.15) is 21.5 Å². The molecule has 3 aromatic rings. The third-order valence-corrected chi connectivity index (χ3v) is 4.36. The van der Waals surface area contributed by atoms with Crippen LogP contribution in [0.25, 0.3) is 0 Å². The average molecular weight is 424 g/mol. The minimum absolute atomic E-state index is 0.0987. The Morgan fingerprint density at radius 3 is 2.26 bits per heavy atom. The summed E-state index contributed by atoms with van der Waals surface area (Å²) in [6.45, 7) is 0.146. The number of rotatable bonds is 6. The minimum Gasteiger partial charge on any atom is -0.310 e. The third kappa shape index (κ3) is 5.60. The van der Waals surface area contributed by atoms with Gasteiger partial charge in [-0.15, -0.1) is 0 Å². The van der Waals surface area contributed by atoms with Crippen molar-refractivity contribution in [2.24, 2.45) is 0 Å². The van der Waals surface area contributed by atoms with Crippen LogP contribution in [0.5, 0.6) is 0 Å². The fraction of sp³-hybridized carbons (Fsp3) is 0.0952. The number of pyridine rings is 1. The molecule has 1 aromatic heterocycles. The number of hydrogen-bond donors (Lipinski definition) is 2. The molecular formula is C21H17FN4O5. The van der Waals surface area contributed by atoms with Crippen molar-refractivity contribution in [1.82, 2.24) is 15.4 Å². The molecule has 31 heavy (non-hydrogen) atoms. The first kappa shape index (κ1) is 21.4. The van der Waals surface area contributed by atoms with Gasteiger partial charge in [-0.1, -0.05) is 24.3 Å². The Balaban J connectivity index is 1.61. The largest absolute Gasteiger partial charge is 0.310 e. The lowest BCUT2D eigenvalue weighted by Crippen LogP contribution is -2.44. The molecule has 2 N–H and O–H groups in total. The molecule has 2 amide bonds. The van der Waals surface area contributed by atoms with Crippen LogP contribution >= 0.6 is 0 Å². The number of hydrazine groups is 1. The van der Waals surface area contributed by atoms with Gasteiger partial charge in [0.25, 0.3) is 17.2 Å². The molecule has 9 nitrogen and oxygen atoms in total. The van der Waals surface area contributed by atoms with Crippen LogP contribution < -0.4 is 16.4 Å². The molecule has 3 rings (SSSR count). The van der Waals surface area contributed by atoms with E-state index in [1.165, 1.54) is 71.4 Å². The minimum atomic E-state index is -0.796. The molecule has 0 bridgehead atoms. The molecule has 0 saturated carbocycles. The zero-order valence-electron chi connectivity index (χ0n) is 16.1. The van der Waals surface area contributed by atoms with E-state index in [0.717, 1.165) is 0 Å². The molecule has 158 valence electrons. The Morgan fingerprint density at radius 2 is 1.61 bits per heavy atom. The van der Waals surface area contributed by atoms with Crippen LogP contribution in [0, 0.1) is 15.9 Å². The first-order valence-corrected chi connectivity index (χ1v) is 9.10. The molecule has 0 atom stereocenters. The van der Waals surface area contributed by atoms with Crippen LogP contribution in [0.2, 0.25) is 0 Å². The summed E-state index contributed by atoms with van der Waals surface area (Å²) in [6.07, 6.45) is 1.37. The van der Waals surface area contributed by atoms with Gasteiger partial charge in [-0.2, -0.15) is 0 Å². The number of amides is 2. The van der Waals surface area contributed by atoms with E-state index in [9.17, 15) is 28.9 Å². The molecule has 0 aliphatic rings. The van der Waals surface area contributed by atoms with E-state index in [0.29, 0.717) is 11.1 Å². The SMILES string of the molecule is O=C(Cc1ccc([N+](=O)[O-])cc1)NNC(=O)c1cccn(Cc2ccc(F)cc2)c1=O. The monoisotopic (exact) mass is 424 g/mol.